The van der Waals surface area contributed by atoms with E-state index in [1.807, 2.05) is 0 Å². The van der Waals surface area contributed by atoms with Crippen LogP contribution in [0.25, 0.3) is 3.59 Å². The Labute approximate surface area is 93.1 Å². The summed E-state index contributed by atoms with van der Waals surface area (Å²) in [4.78, 5) is 9.39. The van der Waals surface area contributed by atoms with Crippen molar-refractivity contribution in [2.24, 2.45) is 0 Å². The van der Waals surface area contributed by atoms with Crippen molar-refractivity contribution >= 4 is 37.9 Å². The van der Waals surface area contributed by atoms with Gasteiger partial charge in [0, 0.05) is 0 Å². The molecular formula is C11H15BrSn. The molecule has 2 heteroatoms. The normalized spacial score (nSPS) is 13.1. The van der Waals surface area contributed by atoms with Crippen molar-refractivity contribution in [2.45, 2.75) is 14.8 Å². The first-order valence-electron chi connectivity index (χ1n) is 4.42. The molecule has 1 aromatic carbocycles. The molecule has 0 nitrogen and oxygen atoms in total. The maximum absolute atomic E-state index is 3.48. The summed E-state index contributed by atoms with van der Waals surface area (Å²) in [6.07, 6.45) is 0. The van der Waals surface area contributed by atoms with Gasteiger partial charge in [0.2, 0.25) is 0 Å². The van der Waals surface area contributed by atoms with Gasteiger partial charge in [-0.1, -0.05) is 0 Å². The Hall–Kier alpha value is 0.239. The molecule has 0 aliphatic heterocycles. The Morgan fingerprint density at radius 2 is 1.69 bits per heavy atom. The van der Waals surface area contributed by atoms with Crippen LogP contribution in [0.5, 0.6) is 0 Å². The summed E-state index contributed by atoms with van der Waals surface area (Å²) in [6.45, 7) is 0. The van der Waals surface area contributed by atoms with Gasteiger partial charge in [-0.25, -0.2) is 0 Å². The molecule has 0 aliphatic carbocycles. The second-order valence-electron chi connectivity index (χ2n) is 4.14. The van der Waals surface area contributed by atoms with Crippen LogP contribution in [0.3, 0.4) is 0 Å². The molecule has 1 rings (SSSR count). The van der Waals surface area contributed by atoms with E-state index in [1.165, 1.54) is 9.15 Å². The SMILES string of the molecule is [CH3][Sn]([CH3])([CH3])/[C](=C\Br)c1ccccc1. The van der Waals surface area contributed by atoms with E-state index < -0.39 is 18.4 Å². The summed E-state index contributed by atoms with van der Waals surface area (Å²) in [6, 6.07) is 10.6. The number of benzene rings is 1. The number of halogens is 1. The van der Waals surface area contributed by atoms with Crippen LogP contribution in [0.4, 0.5) is 0 Å². The molecule has 0 unspecified atom stereocenters. The summed E-state index contributed by atoms with van der Waals surface area (Å²) < 4.78 is 1.54. The van der Waals surface area contributed by atoms with E-state index in [2.05, 4.69) is 66.1 Å². The van der Waals surface area contributed by atoms with Gasteiger partial charge in [-0.05, 0) is 0 Å². The topological polar surface area (TPSA) is 0 Å². The zero-order valence-electron chi connectivity index (χ0n) is 8.34. The van der Waals surface area contributed by atoms with Crippen LogP contribution >= 0.6 is 15.9 Å². The van der Waals surface area contributed by atoms with Crippen molar-refractivity contribution < 1.29 is 0 Å². The standard InChI is InChI=1S/C8H6Br.3CH3.Sn/c9-7-6-8-4-2-1-3-5-8;;;;/h1-5,7H;3*1H3;. The van der Waals surface area contributed by atoms with Crippen molar-refractivity contribution in [1.29, 1.82) is 0 Å². The number of rotatable bonds is 2. The first-order valence-corrected chi connectivity index (χ1v) is 15.3. The Morgan fingerprint density at radius 1 is 1.15 bits per heavy atom. The Balaban J connectivity index is 3.08. The van der Waals surface area contributed by atoms with Gasteiger partial charge < -0.3 is 0 Å². The van der Waals surface area contributed by atoms with Crippen LogP contribution in [-0.4, -0.2) is 18.4 Å². The predicted octanol–water partition coefficient (Wildman–Crippen LogP) is 4.30. The van der Waals surface area contributed by atoms with Crippen LogP contribution in [0.15, 0.2) is 35.3 Å². The van der Waals surface area contributed by atoms with Gasteiger partial charge in [-0.2, -0.15) is 0 Å². The first kappa shape index (κ1) is 11.3. The van der Waals surface area contributed by atoms with Crippen molar-refractivity contribution in [3.8, 4) is 0 Å². The quantitative estimate of drug-likeness (QED) is 0.701. The molecule has 70 valence electrons. The van der Waals surface area contributed by atoms with Gasteiger partial charge in [0.1, 0.15) is 0 Å². The van der Waals surface area contributed by atoms with Crippen LogP contribution in [-0.2, 0) is 0 Å². The van der Waals surface area contributed by atoms with Crippen LogP contribution in [0.1, 0.15) is 5.56 Å². The van der Waals surface area contributed by atoms with Gasteiger partial charge in [-0.15, -0.1) is 0 Å². The molecule has 0 N–H and O–H groups in total. The average molecular weight is 346 g/mol. The van der Waals surface area contributed by atoms with Gasteiger partial charge in [0.05, 0.1) is 0 Å². The zero-order valence-corrected chi connectivity index (χ0v) is 12.8. The Morgan fingerprint density at radius 3 is 2.08 bits per heavy atom. The predicted molar refractivity (Wildman–Crippen MR) is 66.7 cm³/mol. The first-order chi connectivity index (χ1) is 6.05. The molecule has 13 heavy (non-hydrogen) atoms. The minimum atomic E-state index is -1.93. The van der Waals surface area contributed by atoms with Crippen LogP contribution in [0.2, 0.25) is 14.8 Å². The second-order valence-corrected chi connectivity index (χ2v) is 19.0. The van der Waals surface area contributed by atoms with Crippen LogP contribution in [0, 0.1) is 0 Å². The molecule has 0 saturated carbocycles. The fourth-order valence-electron chi connectivity index (χ4n) is 1.28. The Kier molecular flexibility index (Phi) is 4.04. The van der Waals surface area contributed by atoms with Crippen LogP contribution < -0.4 is 0 Å². The fraction of sp³-hybridized carbons (Fsp3) is 0.273. The molecule has 0 amide bonds. The third-order valence-corrected chi connectivity index (χ3v) is 9.51. The van der Waals surface area contributed by atoms with E-state index in [4.69, 9.17) is 0 Å². The second kappa shape index (κ2) is 4.65. The van der Waals surface area contributed by atoms with Gasteiger partial charge in [0.25, 0.3) is 0 Å². The molecule has 0 heterocycles. The number of hydrogen-bond acceptors (Lipinski definition) is 0. The maximum atomic E-state index is 3.48. The van der Waals surface area contributed by atoms with E-state index in [9.17, 15) is 0 Å². The third-order valence-electron chi connectivity index (χ3n) is 2.00. The van der Waals surface area contributed by atoms with Crippen molar-refractivity contribution in [1.82, 2.24) is 0 Å². The van der Waals surface area contributed by atoms with Gasteiger partial charge in [-0.3, -0.25) is 0 Å². The molecule has 0 aromatic heterocycles. The summed E-state index contributed by atoms with van der Waals surface area (Å²) in [5.74, 6) is 0. The van der Waals surface area contributed by atoms with E-state index in [-0.39, 0.29) is 0 Å². The molecule has 0 spiro atoms. The van der Waals surface area contributed by atoms with Crippen molar-refractivity contribution in [2.75, 3.05) is 0 Å². The van der Waals surface area contributed by atoms with E-state index in [1.54, 1.807) is 0 Å². The molecule has 0 bridgehead atoms. The van der Waals surface area contributed by atoms with Crippen molar-refractivity contribution in [3.05, 3.63) is 40.9 Å². The summed E-state index contributed by atoms with van der Waals surface area (Å²) in [5, 5.41) is 0. The zero-order chi connectivity index (χ0) is 9.90. The summed E-state index contributed by atoms with van der Waals surface area (Å²) in [7, 11) is 0. The summed E-state index contributed by atoms with van der Waals surface area (Å²) >= 11 is 1.55. The van der Waals surface area contributed by atoms with E-state index in [0.717, 1.165) is 0 Å². The average Bonchev–Trinajstić information content (AvgIpc) is 2.05. The third kappa shape index (κ3) is 3.13. The number of hydrogen-bond donors (Lipinski definition) is 0. The molecular weight excluding hydrogens is 331 g/mol. The van der Waals surface area contributed by atoms with Crippen molar-refractivity contribution in [3.63, 3.8) is 0 Å². The Bertz CT molecular complexity index is 296. The summed E-state index contributed by atoms with van der Waals surface area (Å²) in [5.41, 5.74) is 1.38. The van der Waals surface area contributed by atoms with Gasteiger partial charge >= 0.3 is 93.6 Å². The monoisotopic (exact) mass is 346 g/mol. The van der Waals surface area contributed by atoms with Gasteiger partial charge in [0.15, 0.2) is 0 Å². The molecule has 0 atom stereocenters. The van der Waals surface area contributed by atoms with E-state index >= 15 is 0 Å². The molecule has 0 saturated heterocycles. The van der Waals surface area contributed by atoms with E-state index in [0.29, 0.717) is 0 Å². The molecule has 0 aliphatic rings. The molecule has 1 aromatic rings. The molecule has 0 radical (unpaired) electrons. The minimum absolute atomic E-state index is 1.38. The molecule has 0 fully saturated rings. The fourth-order valence-corrected chi connectivity index (χ4v) is 10.0.